The van der Waals surface area contributed by atoms with Gasteiger partial charge in [-0.1, -0.05) is 44.2 Å². The third-order valence-corrected chi connectivity index (χ3v) is 4.18. The summed E-state index contributed by atoms with van der Waals surface area (Å²) in [7, 11) is 0. The van der Waals surface area contributed by atoms with Crippen LogP contribution in [0.4, 0.5) is 0 Å². The van der Waals surface area contributed by atoms with Gasteiger partial charge in [-0.3, -0.25) is 9.59 Å². The summed E-state index contributed by atoms with van der Waals surface area (Å²) in [6.45, 7) is 3.86. The first-order valence-electron chi connectivity index (χ1n) is 9.06. The van der Waals surface area contributed by atoms with Crippen LogP contribution < -0.4 is 15.7 Å². The van der Waals surface area contributed by atoms with Crippen molar-refractivity contribution < 1.29 is 18.7 Å². The van der Waals surface area contributed by atoms with Gasteiger partial charge in [-0.2, -0.15) is 0 Å². The van der Waals surface area contributed by atoms with Gasteiger partial charge >= 0.3 is 11.6 Å². The van der Waals surface area contributed by atoms with Gasteiger partial charge in [0.05, 0.1) is 5.92 Å². The van der Waals surface area contributed by atoms with Crippen LogP contribution in [0.5, 0.6) is 5.75 Å². The van der Waals surface area contributed by atoms with Gasteiger partial charge in [-0.25, -0.2) is 4.79 Å². The Kier molecular flexibility index (Phi) is 5.89. The van der Waals surface area contributed by atoms with E-state index in [1.165, 1.54) is 12.1 Å². The summed E-state index contributed by atoms with van der Waals surface area (Å²) >= 11 is 0. The summed E-state index contributed by atoms with van der Waals surface area (Å²) in [4.78, 5) is 36.3. The number of hydrogen-bond acceptors (Lipinski definition) is 5. The molecule has 2 aromatic carbocycles. The van der Waals surface area contributed by atoms with E-state index in [1.807, 2.05) is 30.3 Å². The van der Waals surface area contributed by atoms with Crippen LogP contribution in [0.2, 0.25) is 0 Å². The Morgan fingerprint density at radius 1 is 1.07 bits per heavy atom. The van der Waals surface area contributed by atoms with Gasteiger partial charge in [0, 0.05) is 18.0 Å². The normalized spacial score (nSPS) is 10.8. The maximum atomic E-state index is 12.3. The van der Waals surface area contributed by atoms with Crippen molar-refractivity contribution in [1.29, 1.82) is 0 Å². The number of hydrogen-bond donors (Lipinski definition) is 1. The molecule has 3 aromatic rings. The molecule has 3 rings (SSSR count). The number of carbonyl (C=O) groups excluding carboxylic acids is 2. The number of rotatable bonds is 6. The molecule has 0 bridgehead atoms. The van der Waals surface area contributed by atoms with E-state index < -0.39 is 11.5 Å². The second-order valence-electron chi connectivity index (χ2n) is 6.71. The minimum Gasteiger partial charge on any atom is -0.426 e. The molecule has 144 valence electrons. The molecule has 0 unspecified atom stereocenters. The van der Waals surface area contributed by atoms with E-state index in [0.29, 0.717) is 18.4 Å². The van der Waals surface area contributed by atoms with Crippen molar-refractivity contribution in [1.82, 2.24) is 5.32 Å². The number of carbonyl (C=O) groups is 2. The Bertz CT molecular complexity index is 1050. The Hall–Kier alpha value is -3.41. The zero-order chi connectivity index (χ0) is 20.1. The Balaban J connectivity index is 1.73. The topological polar surface area (TPSA) is 85.6 Å². The molecule has 0 saturated heterocycles. The minimum absolute atomic E-state index is 0.0625. The molecule has 0 radical (unpaired) electrons. The lowest BCUT2D eigenvalue weighted by atomic mass is 10.1. The minimum atomic E-state index is -0.739. The Morgan fingerprint density at radius 3 is 2.54 bits per heavy atom. The molecule has 6 nitrogen and oxygen atoms in total. The van der Waals surface area contributed by atoms with E-state index in [2.05, 4.69) is 5.32 Å². The van der Waals surface area contributed by atoms with E-state index in [4.69, 9.17) is 9.15 Å². The maximum Gasteiger partial charge on any atom is 0.349 e. The zero-order valence-corrected chi connectivity index (χ0v) is 15.7. The molecule has 0 aliphatic carbocycles. The summed E-state index contributed by atoms with van der Waals surface area (Å²) in [5.41, 5.74) is 0.543. The van der Waals surface area contributed by atoms with Crippen LogP contribution in [-0.4, -0.2) is 18.4 Å². The van der Waals surface area contributed by atoms with Gasteiger partial charge in [0.2, 0.25) is 0 Å². The fourth-order valence-electron chi connectivity index (χ4n) is 2.61. The summed E-state index contributed by atoms with van der Waals surface area (Å²) < 4.78 is 10.5. The van der Waals surface area contributed by atoms with E-state index in [9.17, 15) is 14.4 Å². The molecule has 0 spiro atoms. The standard InChI is InChI=1S/C22H21NO5/c1-14(2)21(25)27-17-9-8-16-12-18(22(26)28-19(16)13-17)20(24)23-11-10-15-6-4-3-5-7-15/h3-9,12-14H,10-11H2,1-2H3,(H,23,24). The van der Waals surface area contributed by atoms with Gasteiger partial charge in [-0.15, -0.1) is 0 Å². The molecular formula is C22H21NO5. The van der Waals surface area contributed by atoms with Crippen LogP contribution in [-0.2, 0) is 11.2 Å². The Labute approximate surface area is 162 Å². The highest BCUT2D eigenvalue weighted by Crippen LogP contribution is 2.21. The van der Waals surface area contributed by atoms with Crippen molar-refractivity contribution >= 4 is 22.8 Å². The molecule has 1 aromatic heterocycles. The molecule has 0 atom stereocenters. The molecule has 0 aliphatic heterocycles. The fraction of sp³-hybridized carbons (Fsp3) is 0.227. The maximum absolute atomic E-state index is 12.3. The lowest BCUT2D eigenvalue weighted by molar-refractivity contribution is -0.137. The van der Waals surface area contributed by atoms with E-state index in [1.54, 1.807) is 26.0 Å². The number of ether oxygens (including phenoxy) is 1. The van der Waals surface area contributed by atoms with Crippen LogP contribution in [0.3, 0.4) is 0 Å². The second kappa shape index (κ2) is 8.52. The number of amides is 1. The number of fused-ring (bicyclic) bond motifs is 1. The first-order chi connectivity index (χ1) is 13.4. The molecule has 6 heteroatoms. The molecule has 1 N–H and O–H groups in total. The molecule has 1 amide bonds. The fourth-order valence-corrected chi connectivity index (χ4v) is 2.61. The SMILES string of the molecule is CC(C)C(=O)Oc1ccc2cc(C(=O)NCCc3ccccc3)c(=O)oc2c1. The third kappa shape index (κ3) is 4.65. The predicted molar refractivity (Wildman–Crippen MR) is 105 cm³/mol. The highest BCUT2D eigenvalue weighted by atomic mass is 16.5. The lowest BCUT2D eigenvalue weighted by Crippen LogP contribution is -2.29. The van der Waals surface area contributed by atoms with E-state index in [-0.39, 0.29) is 28.8 Å². The van der Waals surface area contributed by atoms with Crippen molar-refractivity contribution in [3.05, 3.63) is 76.1 Å². The van der Waals surface area contributed by atoms with Crippen LogP contribution in [0.15, 0.2) is 63.8 Å². The predicted octanol–water partition coefficient (Wildman–Crippen LogP) is 3.33. The largest absolute Gasteiger partial charge is 0.426 e. The number of benzene rings is 2. The average molecular weight is 379 g/mol. The highest BCUT2D eigenvalue weighted by molar-refractivity contribution is 5.96. The van der Waals surface area contributed by atoms with E-state index in [0.717, 1.165) is 5.56 Å². The van der Waals surface area contributed by atoms with Crippen LogP contribution in [0.1, 0.15) is 29.8 Å². The third-order valence-electron chi connectivity index (χ3n) is 4.18. The molecule has 0 saturated carbocycles. The van der Waals surface area contributed by atoms with Gasteiger partial charge < -0.3 is 14.5 Å². The lowest BCUT2D eigenvalue weighted by Gasteiger charge is -2.08. The van der Waals surface area contributed by atoms with E-state index >= 15 is 0 Å². The van der Waals surface area contributed by atoms with Crippen molar-refractivity contribution in [2.24, 2.45) is 5.92 Å². The van der Waals surface area contributed by atoms with Crippen LogP contribution in [0, 0.1) is 5.92 Å². The smallest absolute Gasteiger partial charge is 0.349 e. The average Bonchev–Trinajstić information content (AvgIpc) is 2.68. The first kappa shape index (κ1) is 19.4. The zero-order valence-electron chi connectivity index (χ0n) is 15.7. The quantitative estimate of drug-likeness (QED) is 0.403. The highest BCUT2D eigenvalue weighted by Gasteiger charge is 2.15. The summed E-state index contributed by atoms with van der Waals surface area (Å²) in [5, 5.41) is 3.30. The summed E-state index contributed by atoms with van der Waals surface area (Å²) in [6.07, 6.45) is 0.663. The molecule has 28 heavy (non-hydrogen) atoms. The molecule has 0 fully saturated rings. The van der Waals surface area contributed by atoms with Gasteiger partial charge in [-0.05, 0) is 30.2 Å². The molecular weight excluding hydrogens is 358 g/mol. The van der Waals surface area contributed by atoms with Crippen molar-refractivity contribution in [3.63, 3.8) is 0 Å². The van der Waals surface area contributed by atoms with Crippen LogP contribution in [0.25, 0.3) is 11.0 Å². The van der Waals surface area contributed by atoms with Gasteiger partial charge in [0.15, 0.2) is 0 Å². The molecule has 0 aliphatic rings. The number of nitrogens with one attached hydrogen (secondary N) is 1. The van der Waals surface area contributed by atoms with Crippen LogP contribution >= 0.6 is 0 Å². The Morgan fingerprint density at radius 2 is 1.82 bits per heavy atom. The summed E-state index contributed by atoms with van der Waals surface area (Å²) in [5.74, 6) is -0.850. The number of esters is 1. The first-order valence-corrected chi connectivity index (χ1v) is 9.06. The monoisotopic (exact) mass is 379 g/mol. The van der Waals surface area contributed by atoms with Crippen molar-refractivity contribution in [2.75, 3.05) is 6.54 Å². The summed E-state index contributed by atoms with van der Waals surface area (Å²) in [6, 6.07) is 15.9. The second-order valence-corrected chi connectivity index (χ2v) is 6.71. The molecule has 1 heterocycles. The van der Waals surface area contributed by atoms with Gasteiger partial charge in [0.25, 0.3) is 5.91 Å². The van der Waals surface area contributed by atoms with Crippen molar-refractivity contribution in [3.8, 4) is 5.75 Å². The van der Waals surface area contributed by atoms with Crippen molar-refractivity contribution in [2.45, 2.75) is 20.3 Å². The van der Waals surface area contributed by atoms with Gasteiger partial charge in [0.1, 0.15) is 16.9 Å².